The highest BCUT2D eigenvalue weighted by atomic mass is 14.2. The number of allylic oxidation sites excluding steroid dienone is 5. The zero-order valence-electron chi connectivity index (χ0n) is 14.5. The van der Waals surface area contributed by atoms with E-state index < -0.39 is 0 Å². The molecule has 0 aliphatic carbocycles. The van der Waals surface area contributed by atoms with Gasteiger partial charge in [-0.15, -0.1) is 0 Å². The maximum absolute atomic E-state index is 4.12. The second-order valence-corrected chi connectivity index (χ2v) is 6.99. The Morgan fingerprint density at radius 3 is 2.14 bits per heavy atom. The van der Waals surface area contributed by atoms with E-state index in [1.807, 2.05) is 0 Å². The Morgan fingerprint density at radius 2 is 1.71 bits per heavy atom. The maximum atomic E-state index is 4.12. The summed E-state index contributed by atoms with van der Waals surface area (Å²) >= 11 is 0. The van der Waals surface area contributed by atoms with E-state index in [0.717, 1.165) is 6.42 Å². The van der Waals surface area contributed by atoms with Gasteiger partial charge in [0, 0.05) is 0 Å². The minimum Gasteiger partial charge on any atom is -0.0993 e. The number of hydrogen-bond donors (Lipinski definition) is 0. The minimum absolute atomic E-state index is 0.208. The molecule has 0 spiro atoms. The van der Waals surface area contributed by atoms with Crippen molar-refractivity contribution in [1.82, 2.24) is 0 Å². The monoisotopic (exact) mass is 282 g/mol. The largest absolute Gasteiger partial charge is 0.0993 e. The standard InChI is InChI=1S/C21H30/c1-8-18(11-9-10-17(4)16(2)3)19-12-14-20(15-13-19)21(5,6)7/h8-9,11-16H,4,10H2,1-3,5-7H3/b11-9-,18-8+. The zero-order chi connectivity index (χ0) is 16.0. The molecule has 0 bridgehead atoms. The lowest BCUT2D eigenvalue weighted by molar-refractivity contribution is 0.590. The summed E-state index contributed by atoms with van der Waals surface area (Å²) in [6.45, 7) is 17.3. The van der Waals surface area contributed by atoms with Crippen LogP contribution in [0.25, 0.3) is 5.57 Å². The fourth-order valence-electron chi connectivity index (χ4n) is 2.09. The fraction of sp³-hybridized carbons (Fsp3) is 0.429. The third kappa shape index (κ3) is 5.38. The van der Waals surface area contributed by atoms with Crippen LogP contribution in [-0.2, 0) is 5.41 Å². The van der Waals surface area contributed by atoms with Crippen molar-refractivity contribution in [3.8, 4) is 0 Å². The predicted molar refractivity (Wildman–Crippen MR) is 96.5 cm³/mol. The fourth-order valence-corrected chi connectivity index (χ4v) is 2.09. The van der Waals surface area contributed by atoms with Crippen LogP contribution in [0.15, 0.2) is 54.6 Å². The molecule has 0 heteroatoms. The van der Waals surface area contributed by atoms with Gasteiger partial charge < -0.3 is 0 Å². The first kappa shape index (κ1) is 17.5. The van der Waals surface area contributed by atoms with E-state index in [1.54, 1.807) is 0 Å². The molecule has 21 heavy (non-hydrogen) atoms. The molecule has 114 valence electrons. The summed E-state index contributed by atoms with van der Waals surface area (Å²) in [6, 6.07) is 8.91. The Hall–Kier alpha value is -1.56. The molecule has 0 heterocycles. The van der Waals surface area contributed by atoms with Gasteiger partial charge in [-0.25, -0.2) is 0 Å². The molecule has 0 aliphatic heterocycles. The van der Waals surface area contributed by atoms with Crippen molar-refractivity contribution in [1.29, 1.82) is 0 Å². The quantitative estimate of drug-likeness (QED) is 0.424. The number of benzene rings is 1. The topological polar surface area (TPSA) is 0 Å². The lowest BCUT2D eigenvalue weighted by Gasteiger charge is -2.19. The van der Waals surface area contributed by atoms with Crippen LogP contribution >= 0.6 is 0 Å². The summed E-state index contributed by atoms with van der Waals surface area (Å²) in [6.07, 6.45) is 7.55. The highest BCUT2D eigenvalue weighted by Gasteiger charge is 2.12. The Labute approximate surface area is 131 Å². The van der Waals surface area contributed by atoms with Gasteiger partial charge in [0.1, 0.15) is 0 Å². The van der Waals surface area contributed by atoms with Gasteiger partial charge in [0.05, 0.1) is 0 Å². The van der Waals surface area contributed by atoms with Crippen molar-refractivity contribution in [3.63, 3.8) is 0 Å². The van der Waals surface area contributed by atoms with E-state index in [0.29, 0.717) is 5.92 Å². The van der Waals surface area contributed by atoms with Crippen LogP contribution in [0.5, 0.6) is 0 Å². The third-order valence-electron chi connectivity index (χ3n) is 3.89. The van der Waals surface area contributed by atoms with Gasteiger partial charge in [0.25, 0.3) is 0 Å². The molecule has 0 amide bonds. The van der Waals surface area contributed by atoms with Gasteiger partial charge in [0.15, 0.2) is 0 Å². The summed E-state index contributed by atoms with van der Waals surface area (Å²) < 4.78 is 0. The summed E-state index contributed by atoms with van der Waals surface area (Å²) in [7, 11) is 0. The van der Waals surface area contributed by atoms with Crippen molar-refractivity contribution >= 4 is 5.57 Å². The van der Waals surface area contributed by atoms with E-state index in [9.17, 15) is 0 Å². The highest BCUT2D eigenvalue weighted by molar-refractivity contribution is 5.73. The molecule has 0 aliphatic rings. The summed E-state index contributed by atoms with van der Waals surface area (Å²) in [5, 5.41) is 0. The third-order valence-corrected chi connectivity index (χ3v) is 3.89. The van der Waals surface area contributed by atoms with E-state index in [-0.39, 0.29) is 5.41 Å². The van der Waals surface area contributed by atoms with Crippen LogP contribution < -0.4 is 0 Å². The zero-order valence-corrected chi connectivity index (χ0v) is 14.5. The van der Waals surface area contributed by atoms with E-state index >= 15 is 0 Å². The molecule has 0 aromatic heterocycles. The molecule has 0 saturated heterocycles. The first-order valence-corrected chi connectivity index (χ1v) is 7.87. The van der Waals surface area contributed by atoms with Crippen LogP contribution in [0, 0.1) is 5.92 Å². The van der Waals surface area contributed by atoms with Crippen LogP contribution in [-0.4, -0.2) is 0 Å². The first-order chi connectivity index (χ1) is 9.75. The van der Waals surface area contributed by atoms with Gasteiger partial charge >= 0.3 is 0 Å². The SMILES string of the molecule is C=C(C/C=C\C(=C/C)c1ccc(C(C)(C)C)cc1)C(C)C. The highest BCUT2D eigenvalue weighted by Crippen LogP contribution is 2.25. The van der Waals surface area contributed by atoms with Crippen LogP contribution in [0.2, 0.25) is 0 Å². The molecule has 0 atom stereocenters. The molecule has 0 N–H and O–H groups in total. The van der Waals surface area contributed by atoms with Gasteiger partial charge in [-0.2, -0.15) is 0 Å². The average molecular weight is 282 g/mol. The van der Waals surface area contributed by atoms with Crippen molar-refractivity contribution in [3.05, 3.63) is 65.8 Å². The van der Waals surface area contributed by atoms with Gasteiger partial charge in [-0.1, -0.05) is 89.3 Å². The van der Waals surface area contributed by atoms with Crippen LogP contribution in [0.4, 0.5) is 0 Å². The smallest absolute Gasteiger partial charge is 0.0132 e. The van der Waals surface area contributed by atoms with Crippen molar-refractivity contribution in [2.45, 2.75) is 53.4 Å². The normalized spacial score (nSPS) is 13.2. The Kier molecular flexibility index (Phi) is 6.20. The maximum Gasteiger partial charge on any atom is -0.0132 e. The molecule has 0 nitrogen and oxygen atoms in total. The van der Waals surface area contributed by atoms with Crippen molar-refractivity contribution < 1.29 is 0 Å². The molecular weight excluding hydrogens is 252 g/mol. The van der Waals surface area contributed by atoms with Crippen LogP contribution in [0.1, 0.15) is 59.1 Å². The second kappa shape index (κ2) is 7.45. The number of hydrogen-bond acceptors (Lipinski definition) is 0. The second-order valence-electron chi connectivity index (χ2n) is 6.99. The molecule has 0 saturated carbocycles. The lowest BCUT2D eigenvalue weighted by atomic mass is 9.86. The van der Waals surface area contributed by atoms with Gasteiger partial charge in [-0.05, 0) is 41.4 Å². The summed E-state index contributed by atoms with van der Waals surface area (Å²) in [4.78, 5) is 0. The number of rotatable bonds is 5. The van der Waals surface area contributed by atoms with Crippen LogP contribution in [0.3, 0.4) is 0 Å². The van der Waals surface area contributed by atoms with Crippen molar-refractivity contribution in [2.75, 3.05) is 0 Å². The Morgan fingerprint density at radius 1 is 1.14 bits per heavy atom. The van der Waals surface area contributed by atoms with E-state index in [2.05, 4.69) is 90.6 Å². The Bertz CT molecular complexity index is 516. The minimum atomic E-state index is 0.208. The molecule has 0 unspecified atom stereocenters. The molecular formula is C21H30. The van der Waals surface area contributed by atoms with Gasteiger partial charge in [0.2, 0.25) is 0 Å². The van der Waals surface area contributed by atoms with Gasteiger partial charge in [-0.3, -0.25) is 0 Å². The molecule has 1 rings (SSSR count). The lowest BCUT2D eigenvalue weighted by Crippen LogP contribution is -2.10. The summed E-state index contributed by atoms with van der Waals surface area (Å²) in [5.74, 6) is 0.551. The van der Waals surface area contributed by atoms with E-state index in [1.165, 1.54) is 22.3 Å². The molecule has 0 radical (unpaired) electrons. The molecule has 1 aromatic rings. The molecule has 1 aromatic carbocycles. The molecule has 0 fully saturated rings. The predicted octanol–water partition coefficient (Wildman–Crippen LogP) is 6.55. The van der Waals surface area contributed by atoms with E-state index in [4.69, 9.17) is 0 Å². The summed E-state index contributed by atoms with van der Waals surface area (Å²) in [5.41, 5.74) is 5.41. The average Bonchev–Trinajstić information content (AvgIpc) is 2.42. The Balaban J connectivity index is 2.82. The van der Waals surface area contributed by atoms with Crippen molar-refractivity contribution in [2.24, 2.45) is 5.92 Å². The first-order valence-electron chi connectivity index (χ1n) is 7.87.